The zero-order chi connectivity index (χ0) is 13.2. The smallest absolute Gasteiger partial charge is 0.223 e. The summed E-state index contributed by atoms with van der Waals surface area (Å²) in [6, 6.07) is 0.296. The minimum Gasteiger partial charge on any atom is -0.356 e. The number of rotatable bonds is 3. The van der Waals surface area contributed by atoms with Crippen molar-refractivity contribution in [1.29, 1.82) is 0 Å². The monoisotopic (exact) mass is 252 g/mol. The van der Waals surface area contributed by atoms with Crippen LogP contribution in [0.2, 0.25) is 0 Å². The van der Waals surface area contributed by atoms with Gasteiger partial charge in [0.05, 0.1) is 0 Å². The third kappa shape index (κ3) is 3.05. The van der Waals surface area contributed by atoms with Crippen molar-refractivity contribution in [2.45, 2.75) is 64.8 Å². The van der Waals surface area contributed by atoms with Gasteiger partial charge < -0.3 is 11.1 Å². The predicted molar refractivity (Wildman–Crippen MR) is 74.1 cm³/mol. The zero-order valence-electron chi connectivity index (χ0n) is 11.9. The molecule has 0 aromatic rings. The minimum atomic E-state index is 0.167. The molecule has 2 fully saturated rings. The minimum absolute atomic E-state index is 0.167. The van der Waals surface area contributed by atoms with Crippen LogP contribution in [0.1, 0.15) is 58.8 Å². The number of carbonyl (C=O) groups is 1. The van der Waals surface area contributed by atoms with Crippen LogP contribution < -0.4 is 11.1 Å². The lowest BCUT2D eigenvalue weighted by Gasteiger charge is -2.37. The van der Waals surface area contributed by atoms with Gasteiger partial charge in [0.1, 0.15) is 0 Å². The molecule has 0 aromatic carbocycles. The van der Waals surface area contributed by atoms with Crippen molar-refractivity contribution in [3.05, 3.63) is 0 Å². The maximum atomic E-state index is 12.3. The fraction of sp³-hybridized carbons (Fsp3) is 0.933. The van der Waals surface area contributed by atoms with Crippen LogP contribution in [0.4, 0.5) is 0 Å². The van der Waals surface area contributed by atoms with Crippen LogP contribution in [0.25, 0.3) is 0 Å². The fourth-order valence-electron chi connectivity index (χ4n) is 3.65. The second kappa shape index (κ2) is 5.60. The van der Waals surface area contributed by atoms with Gasteiger partial charge in [-0.15, -0.1) is 0 Å². The molecule has 0 radical (unpaired) electrons. The second-order valence-corrected chi connectivity index (χ2v) is 6.89. The van der Waals surface area contributed by atoms with Gasteiger partial charge in [0.2, 0.25) is 5.91 Å². The van der Waals surface area contributed by atoms with E-state index in [1.807, 2.05) is 0 Å². The highest BCUT2D eigenvalue weighted by atomic mass is 16.1. The molecule has 3 nitrogen and oxygen atoms in total. The quantitative estimate of drug-likeness (QED) is 0.810. The highest BCUT2D eigenvalue weighted by Crippen LogP contribution is 2.40. The van der Waals surface area contributed by atoms with Crippen LogP contribution in [0.5, 0.6) is 0 Å². The molecule has 104 valence electrons. The molecule has 2 aliphatic carbocycles. The molecule has 1 amide bonds. The van der Waals surface area contributed by atoms with Crippen molar-refractivity contribution in [2.24, 2.45) is 23.0 Å². The topological polar surface area (TPSA) is 55.1 Å². The van der Waals surface area contributed by atoms with Crippen molar-refractivity contribution in [2.75, 3.05) is 6.54 Å². The summed E-state index contributed by atoms with van der Waals surface area (Å²) in [5, 5.41) is 3.16. The van der Waals surface area contributed by atoms with E-state index in [1.54, 1.807) is 0 Å². The van der Waals surface area contributed by atoms with E-state index in [0.29, 0.717) is 12.0 Å². The molecule has 2 saturated carbocycles. The lowest BCUT2D eigenvalue weighted by molar-refractivity contribution is -0.130. The van der Waals surface area contributed by atoms with Gasteiger partial charge in [0.25, 0.3) is 0 Å². The van der Waals surface area contributed by atoms with Gasteiger partial charge in [-0.2, -0.15) is 0 Å². The highest BCUT2D eigenvalue weighted by molar-refractivity contribution is 5.79. The summed E-state index contributed by atoms with van der Waals surface area (Å²) < 4.78 is 0. The van der Waals surface area contributed by atoms with Crippen LogP contribution >= 0.6 is 0 Å². The maximum absolute atomic E-state index is 12.3. The van der Waals surface area contributed by atoms with E-state index in [0.717, 1.165) is 19.4 Å². The van der Waals surface area contributed by atoms with Crippen molar-refractivity contribution in [3.63, 3.8) is 0 Å². The Kier molecular flexibility index (Phi) is 4.31. The highest BCUT2D eigenvalue weighted by Gasteiger charge is 2.37. The van der Waals surface area contributed by atoms with Gasteiger partial charge in [0.15, 0.2) is 0 Å². The first-order valence-corrected chi connectivity index (χ1v) is 7.54. The van der Waals surface area contributed by atoms with Crippen LogP contribution in [0.3, 0.4) is 0 Å². The molecule has 2 aliphatic rings. The SMILES string of the molecule is CC1(C)CCCCC1C(=O)NCC1CCCC1N. The largest absolute Gasteiger partial charge is 0.356 e. The van der Waals surface area contributed by atoms with E-state index < -0.39 is 0 Å². The van der Waals surface area contributed by atoms with Gasteiger partial charge in [-0.3, -0.25) is 4.79 Å². The molecule has 3 heteroatoms. The summed E-state index contributed by atoms with van der Waals surface area (Å²) >= 11 is 0. The van der Waals surface area contributed by atoms with Crippen LogP contribution in [-0.2, 0) is 4.79 Å². The third-order valence-corrected chi connectivity index (χ3v) is 5.08. The number of nitrogens with two attached hydrogens (primary N) is 1. The summed E-state index contributed by atoms with van der Waals surface area (Å²) in [4.78, 5) is 12.3. The van der Waals surface area contributed by atoms with Crippen molar-refractivity contribution >= 4 is 5.91 Å². The Morgan fingerprint density at radius 1 is 1.22 bits per heavy atom. The summed E-state index contributed by atoms with van der Waals surface area (Å²) in [6.45, 7) is 5.25. The summed E-state index contributed by atoms with van der Waals surface area (Å²) in [7, 11) is 0. The normalized spacial score (nSPS) is 35.4. The number of hydrogen-bond donors (Lipinski definition) is 2. The third-order valence-electron chi connectivity index (χ3n) is 5.08. The zero-order valence-corrected chi connectivity index (χ0v) is 11.9. The van der Waals surface area contributed by atoms with Gasteiger partial charge in [-0.25, -0.2) is 0 Å². The number of amides is 1. The average molecular weight is 252 g/mol. The van der Waals surface area contributed by atoms with Gasteiger partial charge in [-0.05, 0) is 37.0 Å². The van der Waals surface area contributed by atoms with Gasteiger partial charge in [0, 0.05) is 18.5 Å². The number of nitrogens with one attached hydrogen (secondary N) is 1. The summed E-state index contributed by atoms with van der Waals surface area (Å²) in [5.74, 6) is 0.961. The molecular weight excluding hydrogens is 224 g/mol. The molecule has 0 spiro atoms. The van der Waals surface area contributed by atoms with E-state index in [4.69, 9.17) is 5.73 Å². The van der Waals surface area contributed by atoms with E-state index in [-0.39, 0.29) is 17.2 Å². The van der Waals surface area contributed by atoms with E-state index >= 15 is 0 Å². The Labute approximate surface area is 111 Å². The van der Waals surface area contributed by atoms with E-state index in [9.17, 15) is 4.79 Å². The van der Waals surface area contributed by atoms with Crippen molar-refractivity contribution in [1.82, 2.24) is 5.32 Å². The molecule has 0 saturated heterocycles. The molecule has 0 aliphatic heterocycles. The second-order valence-electron chi connectivity index (χ2n) is 6.89. The molecule has 3 unspecified atom stereocenters. The number of hydrogen-bond acceptors (Lipinski definition) is 2. The summed E-state index contributed by atoms with van der Waals surface area (Å²) in [5.41, 5.74) is 6.21. The Hall–Kier alpha value is -0.570. The Morgan fingerprint density at radius 3 is 2.61 bits per heavy atom. The first-order chi connectivity index (χ1) is 8.50. The maximum Gasteiger partial charge on any atom is 0.223 e. The van der Waals surface area contributed by atoms with Crippen LogP contribution in [0, 0.1) is 17.3 Å². The van der Waals surface area contributed by atoms with E-state index in [2.05, 4.69) is 19.2 Å². The van der Waals surface area contributed by atoms with E-state index in [1.165, 1.54) is 32.1 Å². The molecule has 0 aromatic heterocycles. The average Bonchev–Trinajstić information content (AvgIpc) is 2.71. The molecular formula is C15H28N2O. The predicted octanol–water partition coefficient (Wildman–Crippen LogP) is 2.45. The number of carbonyl (C=O) groups excluding carboxylic acids is 1. The molecule has 2 rings (SSSR count). The van der Waals surface area contributed by atoms with Crippen molar-refractivity contribution < 1.29 is 4.79 Å². The first kappa shape index (κ1) is 13.9. The molecule has 0 heterocycles. The summed E-state index contributed by atoms with van der Waals surface area (Å²) in [6.07, 6.45) is 8.21. The Bertz CT molecular complexity index is 301. The lowest BCUT2D eigenvalue weighted by atomic mass is 9.68. The first-order valence-electron chi connectivity index (χ1n) is 7.54. The van der Waals surface area contributed by atoms with Crippen LogP contribution in [-0.4, -0.2) is 18.5 Å². The standard InChI is InChI=1S/C15H28N2O/c1-15(2)9-4-3-7-12(15)14(18)17-10-11-6-5-8-13(11)16/h11-13H,3-10,16H2,1-2H3,(H,17,18). The molecule has 0 bridgehead atoms. The van der Waals surface area contributed by atoms with Crippen LogP contribution in [0.15, 0.2) is 0 Å². The van der Waals surface area contributed by atoms with Crippen molar-refractivity contribution in [3.8, 4) is 0 Å². The fourth-order valence-corrected chi connectivity index (χ4v) is 3.65. The Balaban J connectivity index is 1.83. The molecule has 3 N–H and O–H groups in total. The Morgan fingerprint density at radius 2 is 2.00 bits per heavy atom. The van der Waals surface area contributed by atoms with Gasteiger partial charge in [-0.1, -0.05) is 33.1 Å². The molecule has 3 atom stereocenters. The lowest BCUT2D eigenvalue weighted by Crippen LogP contribution is -2.44. The molecule has 18 heavy (non-hydrogen) atoms. The van der Waals surface area contributed by atoms with Gasteiger partial charge >= 0.3 is 0 Å².